The smallest absolute Gasteiger partial charge is 0.245 e. The van der Waals surface area contributed by atoms with Gasteiger partial charge in [0.2, 0.25) is 21.8 Å². The summed E-state index contributed by atoms with van der Waals surface area (Å²) in [4.78, 5) is 27.9. The monoisotopic (exact) mass is 497 g/mol. The average molecular weight is 498 g/mol. The third kappa shape index (κ3) is 6.30. The lowest BCUT2D eigenvalue weighted by Gasteiger charge is -2.32. The van der Waals surface area contributed by atoms with Crippen LogP contribution in [0.5, 0.6) is 0 Å². The van der Waals surface area contributed by atoms with Crippen LogP contribution in [0.15, 0.2) is 53.4 Å². The molecule has 2 aromatic carbocycles. The van der Waals surface area contributed by atoms with Crippen molar-refractivity contribution >= 4 is 21.8 Å². The predicted molar refractivity (Wildman–Crippen MR) is 135 cm³/mol. The number of sulfonamides is 1. The quantitative estimate of drug-likeness (QED) is 0.614. The third-order valence-corrected chi connectivity index (χ3v) is 8.72. The van der Waals surface area contributed by atoms with Crippen molar-refractivity contribution in [2.75, 3.05) is 13.1 Å². The summed E-state index contributed by atoms with van der Waals surface area (Å²) < 4.78 is 27.8. The average Bonchev–Trinajstić information content (AvgIpc) is 2.87. The minimum absolute atomic E-state index is 0.0490. The summed E-state index contributed by atoms with van der Waals surface area (Å²) in [5.74, 6) is -0.0713. The van der Waals surface area contributed by atoms with Crippen LogP contribution in [0.3, 0.4) is 0 Å². The molecule has 0 unspecified atom stereocenters. The Bertz CT molecular complexity index is 1160. The van der Waals surface area contributed by atoms with Crippen molar-refractivity contribution in [1.82, 2.24) is 14.9 Å². The first-order chi connectivity index (χ1) is 16.7. The second kappa shape index (κ2) is 10.9. The maximum atomic E-state index is 12.9. The van der Waals surface area contributed by atoms with Crippen molar-refractivity contribution in [1.29, 1.82) is 0 Å². The molecule has 188 valence electrons. The van der Waals surface area contributed by atoms with Gasteiger partial charge in [-0.05, 0) is 75.1 Å². The van der Waals surface area contributed by atoms with Gasteiger partial charge in [0.25, 0.3) is 0 Å². The molecule has 1 atom stereocenters. The first-order valence-corrected chi connectivity index (χ1v) is 13.9. The number of carbonyl (C=O) groups is 2. The Morgan fingerprint density at radius 1 is 1.00 bits per heavy atom. The summed E-state index contributed by atoms with van der Waals surface area (Å²) >= 11 is 0. The Morgan fingerprint density at radius 3 is 2.34 bits per heavy atom. The van der Waals surface area contributed by atoms with Crippen molar-refractivity contribution in [3.05, 3.63) is 65.2 Å². The molecule has 2 aliphatic rings. The van der Waals surface area contributed by atoms with Gasteiger partial charge in [-0.15, -0.1) is 0 Å². The highest BCUT2D eigenvalue weighted by molar-refractivity contribution is 7.89. The molecule has 1 aliphatic carbocycles. The molecule has 0 spiro atoms. The molecule has 2 N–H and O–H groups in total. The molecule has 7 nitrogen and oxygen atoms in total. The Morgan fingerprint density at radius 2 is 1.66 bits per heavy atom. The summed E-state index contributed by atoms with van der Waals surface area (Å²) in [6, 6.07) is 14.4. The molecule has 0 saturated heterocycles. The Kier molecular flexibility index (Phi) is 7.91. The van der Waals surface area contributed by atoms with Crippen molar-refractivity contribution in [2.24, 2.45) is 11.8 Å². The molecule has 8 heteroatoms. The molecule has 1 heterocycles. The van der Waals surface area contributed by atoms with E-state index in [2.05, 4.69) is 22.2 Å². The largest absolute Gasteiger partial charge is 0.344 e. The second-order valence-corrected chi connectivity index (χ2v) is 11.7. The van der Waals surface area contributed by atoms with Crippen LogP contribution in [0.1, 0.15) is 49.3 Å². The van der Waals surface area contributed by atoms with Gasteiger partial charge in [0.05, 0.1) is 4.90 Å². The van der Waals surface area contributed by atoms with Crippen LogP contribution in [-0.4, -0.2) is 44.3 Å². The lowest BCUT2D eigenvalue weighted by Crippen LogP contribution is -2.50. The molecule has 0 aromatic heterocycles. The Balaban J connectivity index is 1.22. The van der Waals surface area contributed by atoms with Gasteiger partial charge in [-0.2, -0.15) is 0 Å². The van der Waals surface area contributed by atoms with Gasteiger partial charge < -0.3 is 10.2 Å². The maximum absolute atomic E-state index is 12.9. The number of amides is 2. The van der Waals surface area contributed by atoms with E-state index in [1.165, 1.54) is 11.1 Å². The van der Waals surface area contributed by atoms with E-state index >= 15 is 0 Å². The van der Waals surface area contributed by atoms with Crippen LogP contribution >= 0.6 is 0 Å². The van der Waals surface area contributed by atoms with E-state index in [9.17, 15) is 18.0 Å². The lowest BCUT2D eigenvalue weighted by atomic mass is 9.81. The topological polar surface area (TPSA) is 95.6 Å². The normalized spacial score (nSPS) is 21.1. The summed E-state index contributed by atoms with van der Waals surface area (Å²) in [6.07, 6.45) is 3.78. The SMILES string of the molecule is Cc1ccc(S(=O)(=O)NCC2CCC(C(=O)N[C@@H](C)C(=O)N3CCc4ccccc4C3)CC2)cc1. The molecule has 2 aromatic rings. The second-order valence-electron chi connectivity index (χ2n) is 9.89. The summed E-state index contributed by atoms with van der Waals surface area (Å²) in [5.41, 5.74) is 3.46. The highest BCUT2D eigenvalue weighted by Crippen LogP contribution is 2.29. The number of rotatable bonds is 7. The van der Waals surface area contributed by atoms with E-state index in [1.807, 2.05) is 24.0 Å². The molecule has 1 fully saturated rings. The van der Waals surface area contributed by atoms with Crippen LogP contribution in [0.4, 0.5) is 0 Å². The maximum Gasteiger partial charge on any atom is 0.245 e. The van der Waals surface area contributed by atoms with E-state index < -0.39 is 16.1 Å². The van der Waals surface area contributed by atoms with E-state index in [4.69, 9.17) is 0 Å². The van der Waals surface area contributed by atoms with Crippen LogP contribution < -0.4 is 10.0 Å². The fourth-order valence-corrected chi connectivity index (χ4v) is 6.12. The lowest BCUT2D eigenvalue weighted by molar-refractivity contribution is -0.138. The number of hydrogen-bond donors (Lipinski definition) is 2. The first kappa shape index (κ1) is 25.4. The zero-order valence-electron chi connectivity index (χ0n) is 20.5. The van der Waals surface area contributed by atoms with E-state index in [-0.39, 0.29) is 28.5 Å². The molecule has 1 aliphatic heterocycles. The van der Waals surface area contributed by atoms with Gasteiger partial charge >= 0.3 is 0 Å². The van der Waals surface area contributed by atoms with Gasteiger partial charge in [-0.3, -0.25) is 9.59 Å². The van der Waals surface area contributed by atoms with Gasteiger partial charge in [0, 0.05) is 25.6 Å². The fourth-order valence-electron chi connectivity index (χ4n) is 5.01. The van der Waals surface area contributed by atoms with Gasteiger partial charge in [-0.1, -0.05) is 42.0 Å². The van der Waals surface area contributed by atoms with Crippen molar-refractivity contribution in [3.8, 4) is 0 Å². The van der Waals surface area contributed by atoms with Gasteiger partial charge in [0.1, 0.15) is 6.04 Å². The number of carbonyl (C=O) groups excluding carboxylic acids is 2. The predicted octanol–water partition coefficient (Wildman–Crippen LogP) is 3.17. The number of benzene rings is 2. The van der Waals surface area contributed by atoms with Crippen LogP contribution in [0.25, 0.3) is 0 Å². The van der Waals surface area contributed by atoms with Gasteiger partial charge in [-0.25, -0.2) is 13.1 Å². The molecule has 4 rings (SSSR count). The zero-order valence-corrected chi connectivity index (χ0v) is 21.3. The van der Waals surface area contributed by atoms with E-state index in [0.29, 0.717) is 32.5 Å². The highest BCUT2D eigenvalue weighted by atomic mass is 32.2. The van der Waals surface area contributed by atoms with Crippen molar-refractivity contribution in [3.63, 3.8) is 0 Å². The minimum atomic E-state index is -3.53. The molecular formula is C27H35N3O4S. The number of nitrogens with one attached hydrogen (secondary N) is 2. The standard InChI is InChI=1S/C27H35N3O4S/c1-19-7-13-25(14-8-19)35(33,34)28-17-21-9-11-23(12-10-21)26(31)29-20(2)27(32)30-16-15-22-5-3-4-6-24(22)18-30/h3-8,13-14,20-21,23,28H,9-12,15-18H2,1-2H3,(H,29,31)/t20-,21?,23?/m0/s1. The molecule has 0 radical (unpaired) electrons. The van der Waals surface area contributed by atoms with Crippen LogP contribution in [-0.2, 0) is 32.6 Å². The third-order valence-electron chi connectivity index (χ3n) is 7.28. The van der Waals surface area contributed by atoms with Crippen LogP contribution in [0, 0.1) is 18.8 Å². The molecule has 0 bridgehead atoms. The highest BCUT2D eigenvalue weighted by Gasteiger charge is 2.31. The van der Waals surface area contributed by atoms with Crippen molar-refractivity contribution in [2.45, 2.75) is 63.4 Å². The molecule has 2 amide bonds. The Labute approximate surface area is 208 Å². The summed E-state index contributed by atoms with van der Waals surface area (Å²) in [6.45, 7) is 5.29. The summed E-state index contributed by atoms with van der Waals surface area (Å²) in [5, 5.41) is 2.93. The summed E-state index contributed by atoms with van der Waals surface area (Å²) in [7, 11) is -3.53. The molecule has 1 saturated carbocycles. The fraction of sp³-hybridized carbons (Fsp3) is 0.481. The number of nitrogens with zero attached hydrogens (tertiary/aromatic N) is 1. The number of aryl methyl sites for hydroxylation is 1. The Hall–Kier alpha value is -2.71. The van der Waals surface area contributed by atoms with Crippen LogP contribution in [0.2, 0.25) is 0 Å². The van der Waals surface area contributed by atoms with Crippen molar-refractivity contribution < 1.29 is 18.0 Å². The molecule has 35 heavy (non-hydrogen) atoms. The van der Waals surface area contributed by atoms with Gasteiger partial charge in [0.15, 0.2) is 0 Å². The zero-order chi connectivity index (χ0) is 25.0. The van der Waals surface area contributed by atoms with E-state index in [0.717, 1.165) is 24.8 Å². The number of fused-ring (bicyclic) bond motifs is 1. The van der Waals surface area contributed by atoms with E-state index in [1.54, 1.807) is 31.2 Å². The minimum Gasteiger partial charge on any atom is -0.344 e. The number of hydrogen-bond acceptors (Lipinski definition) is 4. The first-order valence-electron chi connectivity index (χ1n) is 12.4. The molecular weight excluding hydrogens is 462 g/mol.